The molecule has 18 heavy (non-hydrogen) atoms. The first-order chi connectivity index (χ1) is 8.49. The first-order valence-corrected chi connectivity index (χ1v) is 8.00. The second-order valence-electron chi connectivity index (χ2n) is 6.71. The van der Waals surface area contributed by atoms with E-state index in [1.54, 1.807) is 0 Å². The molecule has 3 atom stereocenters. The fourth-order valence-electron chi connectivity index (χ4n) is 3.49. The van der Waals surface area contributed by atoms with E-state index in [2.05, 4.69) is 39.5 Å². The van der Waals surface area contributed by atoms with E-state index in [1.165, 1.54) is 38.6 Å². The van der Waals surface area contributed by atoms with E-state index in [0.29, 0.717) is 18.1 Å². The van der Waals surface area contributed by atoms with Crippen molar-refractivity contribution in [3.05, 3.63) is 0 Å². The molecule has 2 N–H and O–H groups in total. The fourth-order valence-corrected chi connectivity index (χ4v) is 3.49. The minimum atomic E-state index is 0.389. The topological polar surface area (TPSA) is 29.3 Å². The van der Waals surface area contributed by atoms with Gasteiger partial charge in [0, 0.05) is 24.7 Å². The van der Waals surface area contributed by atoms with E-state index in [4.69, 9.17) is 5.73 Å². The summed E-state index contributed by atoms with van der Waals surface area (Å²) in [5.74, 6) is 1.58. The van der Waals surface area contributed by atoms with Gasteiger partial charge in [-0.2, -0.15) is 0 Å². The zero-order valence-corrected chi connectivity index (χ0v) is 13.2. The van der Waals surface area contributed by atoms with Gasteiger partial charge in [0.25, 0.3) is 0 Å². The van der Waals surface area contributed by atoms with Gasteiger partial charge in [0.05, 0.1) is 0 Å². The largest absolute Gasteiger partial charge is 0.326 e. The lowest BCUT2D eigenvalue weighted by Crippen LogP contribution is -2.55. The van der Waals surface area contributed by atoms with Gasteiger partial charge in [-0.25, -0.2) is 0 Å². The molecule has 0 amide bonds. The molecule has 0 bridgehead atoms. The lowest BCUT2D eigenvalue weighted by molar-refractivity contribution is 0.0588. The molecule has 3 unspecified atom stereocenters. The van der Waals surface area contributed by atoms with Crippen LogP contribution in [-0.4, -0.2) is 29.6 Å². The van der Waals surface area contributed by atoms with Gasteiger partial charge in [0.2, 0.25) is 0 Å². The highest BCUT2D eigenvalue weighted by Crippen LogP contribution is 2.29. The summed E-state index contributed by atoms with van der Waals surface area (Å²) < 4.78 is 0. The Hall–Kier alpha value is -0.0800. The van der Waals surface area contributed by atoms with Crippen LogP contribution in [0, 0.1) is 11.8 Å². The Bertz CT molecular complexity index is 223. The van der Waals surface area contributed by atoms with Crippen LogP contribution in [0.1, 0.15) is 66.7 Å². The summed E-state index contributed by atoms with van der Waals surface area (Å²) in [6.45, 7) is 12.9. The van der Waals surface area contributed by atoms with E-state index in [9.17, 15) is 0 Å². The lowest BCUT2D eigenvalue weighted by Gasteiger charge is -2.45. The molecule has 1 rings (SSSR count). The molecule has 0 aromatic rings. The molecule has 0 aliphatic heterocycles. The van der Waals surface area contributed by atoms with Gasteiger partial charge in [-0.1, -0.05) is 34.6 Å². The molecule has 0 heterocycles. The van der Waals surface area contributed by atoms with Crippen molar-refractivity contribution in [1.82, 2.24) is 4.90 Å². The maximum absolute atomic E-state index is 6.42. The van der Waals surface area contributed by atoms with E-state index < -0.39 is 0 Å². The Labute approximate surface area is 114 Å². The number of rotatable bonds is 6. The lowest BCUT2D eigenvalue weighted by atomic mass is 9.82. The SMILES string of the molecule is CCC(CC)N(CC(C)C)C1CC(C)CCC1N. The Morgan fingerprint density at radius 2 is 1.78 bits per heavy atom. The van der Waals surface area contributed by atoms with Crippen LogP contribution in [0.3, 0.4) is 0 Å². The van der Waals surface area contributed by atoms with E-state index in [0.717, 1.165) is 11.8 Å². The maximum atomic E-state index is 6.42. The monoisotopic (exact) mass is 254 g/mol. The van der Waals surface area contributed by atoms with Crippen molar-refractivity contribution in [2.24, 2.45) is 17.6 Å². The normalized spacial score (nSPS) is 29.5. The van der Waals surface area contributed by atoms with Gasteiger partial charge in [-0.3, -0.25) is 4.90 Å². The second-order valence-corrected chi connectivity index (χ2v) is 6.71. The van der Waals surface area contributed by atoms with Crippen LogP contribution in [0.5, 0.6) is 0 Å². The molecular formula is C16H34N2. The Morgan fingerprint density at radius 3 is 2.28 bits per heavy atom. The van der Waals surface area contributed by atoms with E-state index >= 15 is 0 Å². The third-order valence-electron chi connectivity index (χ3n) is 4.54. The van der Waals surface area contributed by atoms with Crippen LogP contribution in [0.25, 0.3) is 0 Å². The van der Waals surface area contributed by atoms with Crippen LogP contribution < -0.4 is 5.73 Å². The van der Waals surface area contributed by atoms with Crippen molar-refractivity contribution in [2.75, 3.05) is 6.54 Å². The van der Waals surface area contributed by atoms with Crippen LogP contribution in [0.2, 0.25) is 0 Å². The van der Waals surface area contributed by atoms with E-state index in [-0.39, 0.29) is 0 Å². The quantitative estimate of drug-likeness (QED) is 0.784. The molecule has 108 valence electrons. The molecule has 0 aromatic carbocycles. The first-order valence-electron chi connectivity index (χ1n) is 8.00. The van der Waals surface area contributed by atoms with Gasteiger partial charge < -0.3 is 5.73 Å². The number of hydrogen-bond acceptors (Lipinski definition) is 2. The standard InChI is InChI=1S/C16H34N2/c1-6-14(7-2)18(11-12(3)4)16-10-13(5)8-9-15(16)17/h12-16H,6-11,17H2,1-5H3. The summed E-state index contributed by atoms with van der Waals surface area (Å²) >= 11 is 0. The number of hydrogen-bond donors (Lipinski definition) is 1. The Balaban J connectivity index is 2.78. The smallest absolute Gasteiger partial charge is 0.0252 e. The van der Waals surface area contributed by atoms with Crippen molar-refractivity contribution in [3.8, 4) is 0 Å². The highest BCUT2D eigenvalue weighted by Gasteiger charge is 2.33. The van der Waals surface area contributed by atoms with Crippen LogP contribution in [0.15, 0.2) is 0 Å². The van der Waals surface area contributed by atoms with Gasteiger partial charge in [-0.15, -0.1) is 0 Å². The van der Waals surface area contributed by atoms with Crippen molar-refractivity contribution >= 4 is 0 Å². The zero-order valence-electron chi connectivity index (χ0n) is 13.2. The average Bonchev–Trinajstić information content (AvgIpc) is 2.32. The molecule has 0 saturated heterocycles. The predicted octanol–water partition coefficient (Wildman–Crippen LogP) is 3.65. The maximum Gasteiger partial charge on any atom is 0.0252 e. The summed E-state index contributed by atoms with van der Waals surface area (Å²) in [7, 11) is 0. The average molecular weight is 254 g/mol. The first kappa shape index (κ1) is 16.0. The molecule has 1 aliphatic rings. The molecule has 0 radical (unpaired) electrons. The van der Waals surface area contributed by atoms with E-state index in [1.807, 2.05) is 0 Å². The summed E-state index contributed by atoms with van der Waals surface area (Å²) in [5, 5.41) is 0. The van der Waals surface area contributed by atoms with Gasteiger partial charge in [-0.05, 0) is 43.9 Å². The van der Waals surface area contributed by atoms with Crippen molar-refractivity contribution in [2.45, 2.75) is 84.8 Å². The van der Waals surface area contributed by atoms with Crippen molar-refractivity contribution in [3.63, 3.8) is 0 Å². The summed E-state index contributed by atoms with van der Waals surface area (Å²) in [4.78, 5) is 2.74. The van der Waals surface area contributed by atoms with Crippen LogP contribution >= 0.6 is 0 Å². The molecule has 0 spiro atoms. The number of nitrogens with two attached hydrogens (primary N) is 1. The highest BCUT2D eigenvalue weighted by atomic mass is 15.2. The molecule has 1 fully saturated rings. The molecule has 2 nitrogen and oxygen atoms in total. The zero-order chi connectivity index (χ0) is 13.7. The molecule has 2 heteroatoms. The summed E-state index contributed by atoms with van der Waals surface area (Å²) in [5.41, 5.74) is 6.42. The third kappa shape index (κ3) is 4.24. The molecule has 1 saturated carbocycles. The van der Waals surface area contributed by atoms with Crippen LogP contribution in [0.4, 0.5) is 0 Å². The Morgan fingerprint density at radius 1 is 1.17 bits per heavy atom. The van der Waals surface area contributed by atoms with Gasteiger partial charge in [0.15, 0.2) is 0 Å². The summed E-state index contributed by atoms with van der Waals surface area (Å²) in [6, 6.07) is 1.72. The van der Waals surface area contributed by atoms with Crippen molar-refractivity contribution < 1.29 is 0 Å². The third-order valence-corrected chi connectivity index (χ3v) is 4.54. The van der Waals surface area contributed by atoms with Gasteiger partial charge in [0.1, 0.15) is 0 Å². The predicted molar refractivity (Wildman–Crippen MR) is 80.7 cm³/mol. The van der Waals surface area contributed by atoms with Crippen LogP contribution in [-0.2, 0) is 0 Å². The minimum absolute atomic E-state index is 0.389. The Kier molecular flexibility index (Phi) is 6.65. The molecule has 1 aliphatic carbocycles. The molecular weight excluding hydrogens is 220 g/mol. The molecule has 0 aromatic heterocycles. The highest BCUT2D eigenvalue weighted by molar-refractivity contribution is 4.91. The van der Waals surface area contributed by atoms with Crippen molar-refractivity contribution in [1.29, 1.82) is 0 Å². The minimum Gasteiger partial charge on any atom is -0.326 e. The number of nitrogens with zero attached hydrogens (tertiary/aromatic N) is 1. The fraction of sp³-hybridized carbons (Fsp3) is 1.00. The van der Waals surface area contributed by atoms with Gasteiger partial charge >= 0.3 is 0 Å². The summed E-state index contributed by atoms with van der Waals surface area (Å²) in [6.07, 6.45) is 6.32. The second kappa shape index (κ2) is 7.49.